The lowest BCUT2D eigenvalue weighted by atomic mass is 10.2. The summed E-state index contributed by atoms with van der Waals surface area (Å²) in [7, 11) is 3.36. The zero-order chi connectivity index (χ0) is 13.7. The van der Waals surface area contributed by atoms with Gasteiger partial charge >= 0.3 is 0 Å². The van der Waals surface area contributed by atoms with Gasteiger partial charge in [-0.15, -0.1) is 0 Å². The third kappa shape index (κ3) is 4.31. The number of nitrogens with one attached hydrogen (secondary N) is 1. The summed E-state index contributed by atoms with van der Waals surface area (Å²) < 4.78 is 0.670. The molecule has 0 aliphatic carbocycles. The van der Waals surface area contributed by atoms with Crippen LogP contribution in [0.5, 0.6) is 0 Å². The van der Waals surface area contributed by atoms with Crippen LogP contribution in [0.2, 0.25) is 5.02 Å². The maximum absolute atomic E-state index is 11.8. The van der Waals surface area contributed by atoms with E-state index in [4.69, 9.17) is 11.6 Å². The number of carbonyl (C=O) groups excluding carboxylic acids is 2. The lowest BCUT2D eigenvalue weighted by Crippen LogP contribution is -2.30. The molecule has 0 spiro atoms. The second-order valence-corrected chi connectivity index (χ2v) is 5.21. The van der Waals surface area contributed by atoms with Crippen LogP contribution >= 0.6 is 27.5 Å². The van der Waals surface area contributed by atoms with Gasteiger partial charge in [-0.25, -0.2) is 0 Å². The van der Waals surface area contributed by atoms with E-state index in [-0.39, 0.29) is 18.2 Å². The molecule has 0 atom stereocenters. The molecule has 1 aromatic rings. The van der Waals surface area contributed by atoms with Crippen LogP contribution in [0.1, 0.15) is 16.8 Å². The molecular weight excluding hydrogens is 320 g/mol. The highest BCUT2D eigenvalue weighted by atomic mass is 79.9. The number of rotatable bonds is 4. The van der Waals surface area contributed by atoms with Crippen LogP contribution in [0, 0.1) is 0 Å². The highest BCUT2D eigenvalue weighted by molar-refractivity contribution is 9.10. The van der Waals surface area contributed by atoms with Crippen LogP contribution in [0.15, 0.2) is 22.7 Å². The predicted molar refractivity (Wildman–Crippen MR) is 74.8 cm³/mol. The Morgan fingerprint density at radius 2 is 2.06 bits per heavy atom. The summed E-state index contributed by atoms with van der Waals surface area (Å²) in [6, 6.07) is 4.98. The van der Waals surface area contributed by atoms with Gasteiger partial charge in [0.1, 0.15) is 0 Å². The molecule has 0 radical (unpaired) electrons. The second kappa shape index (κ2) is 6.75. The highest BCUT2D eigenvalue weighted by Crippen LogP contribution is 2.20. The Balaban J connectivity index is 2.56. The monoisotopic (exact) mass is 332 g/mol. The molecule has 0 aliphatic heterocycles. The molecule has 98 valence electrons. The molecule has 6 heteroatoms. The molecule has 0 unspecified atom stereocenters. The SMILES string of the molecule is CN(C)C(=O)CCNC(=O)c1cc(Cl)ccc1Br. The van der Waals surface area contributed by atoms with Gasteiger partial charge in [0.05, 0.1) is 5.56 Å². The smallest absolute Gasteiger partial charge is 0.252 e. The summed E-state index contributed by atoms with van der Waals surface area (Å²) in [4.78, 5) is 24.7. The van der Waals surface area contributed by atoms with E-state index in [0.717, 1.165) is 0 Å². The van der Waals surface area contributed by atoms with E-state index < -0.39 is 0 Å². The largest absolute Gasteiger partial charge is 0.351 e. The number of halogens is 2. The molecule has 1 rings (SSSR count). The van der Waals surface area contributed by atoms with E-state index in [1.807, 2.05) is 0 Å². The Labute approximate surface area is 119 Å². The molecule has 1 N–H and O–H groups in total. The quantitative estimate of drug-likeness (QED) is 0.919. The summed E-state index contributed by atoms with van der Waals surface area (Å²) >= 11 is 9.11. The van der Waals surface area contributed by atoms with Gasteiger partial charge in [-0.05, 0) is 34.1 Å². The number of nitrogens with zero attached hydrogens (tertiary/aromatic N) is 1. The second-order valence-electron chi connectivity index (χ2n) is 3.92. The number of hydrogen-bond donors (Lipinski definition) is 1. The fourth-order valence-electron chi connectivity index (χ4n) is 1.27. The van der Waals surface area contributed by atoms with Crippen molar-refractivity contribution in [3.05, 3.63) is 33.3 Å². The third-order valence-electron chi connectivity index (χ3n) is 2.30. The molecule has 0 saturated carbocycles. The van der Waals surface area contributed by atoms with E-state index in [2.05, 4.69) is 21.2 Å². The van der Waals surface area contributed by atoms with Gasteiger partial charge in [-0.3, -0.25) is 9.59 Å². The molecule has 0 aromatic heterocycles. The van der Waals surface area contributed by atoms with Crippen LogP contribution in [0.3, 0.4) is 0 Å². The number of amides is 2. The first-order valence-corrected chi connectivity index (χ1v) is 6.52. The van der Waals surface area contributed by atoms with Gasteiger partial charge in [-0.1, -0.05) is 11.6 Å². The normalized spacial score (nSPS) is 10.0. The topological polar surface area (TPSA) is 49.4 Å². The number of carbonyl (C=O) groups is 2. The summed E-state index contributed by atoms with van der Waals surface area (Å²) in [5.41, 5.74) is 0.458. The van der Waals surface area contributed by atoms with Crippen molar-refractivity contribution < 1.29 is 9.59 Å². The highest BCUT2D eigenvalue weighted by Gasteiger charge is 2.11. The maximum atomic E-state index is 11.8. The standard InChI is InChI=1S/C12H14BrClN2O2/c1-16(2)11(17)5-6-15-12(18)9-7-8(14)3-4-10(9)13/h3-4,7H,5-6H2,1-2H3,(H,15,18). The minimum Gasteiger partial charge on any atom is -0.351 e. The Hall–Kier alpha value is -1.07. The number of benzene rings is 1. The fraction of sp³-hybridized carbons (Fsp3) is 0.333. The van der Waals surface area contributed by atoms with Crippen molar-refractivity contribution in [1.82, 2.24) is 10.2 Å². The van der Waals surface area contributed by atoms with Crippen LogP contribution in [-0.4, -0.2) is 37.4 Å². The van der Waals surface area contributed by atoms with Crippen molar-refractivity contribution in [1.29, 1.82) is 0 Å². The molecule has 0 fully saturated rings. The van der Waals surface area contributed by atoms with Gasteiger partial charge in [0.15, 0.2) is 0 Å². The minimum absolute atomic E-state index is 0.0274. The summed E-state index contributed by atoms with van der Waals surface area (Å²) in [5.74, 6) is -0.281. The average molecular weight is 334 g/mol. The van der Waals surface area contributed by atoms with Crippen molar-refractivity contribution in [2.24, 2.45) is 0 Å². The lowest BCUT2D eigenvalue weighted by Gasteiger charge is -2.11. The molecule has 0 aliphatic rings. The maximum Gasteiger partial charge on any atom is 0.252 e. The molecule has 0 bridgehead atoms. The van der Waals surface area contributed by atoms with Crippen LogP contribution in [0.25, 0.3) is 0 Å². The first kappa shape index (κ1) is 15.0. The van der Waals surface area contributed by atoms with E-state index in [9.17, 15) is 9.59 Å². The average Bonchev–Trinajstić information content (AvgIpc) is 2.31. The van der Waals surface area contributed by atoms with Crippen molar-refractivity contribution >= 4 is 39.3 Å². The molecule has 0 saturated heterocycles. The Morgan fingerprint density at radius 3 is 2.67 bits per heavy atom. The van der Waals surface area contributed by atoms with E-state index in [0.29, 0.717) is 21.6 Å². The van der Waals surface area contributed by atoms with E-state index in [1.165, 1.54) is 4.90 Å². The Bertz CT molecular complexity index is 463. The third-order valence-corrected chi connectivity index (χ3v) is 3.22. The van der Waals surface area contributed by atoms with E-state index >= 15 is 0 Å². The molecular formula is C12H14BrClN2O2. The van der Waals surface area contributed by atoms with Crippen molar-refractivity contribution in [2.45, 2.75) is 6.42 Å². The molecule has 1 aromatic carbocycles. The zero-order valence-electron chi connectivity index (χ0n) is 10.2. The minimum atomic E-state index is -0.254. The van der Waals surface area contributed by atoms with Gasteiger partial charge in [0.25, 0.3) is 5.91 Å². The first-order chi connectivity index (χ1) is 8.41. The number of hydrogen-bond acceptors (Lipinski definition) is 2. The van der Waals surface area contributed by atoms with Crippen LogP contribution in [0.4, 0.5) is 0 Å². The van der Waals surface area contributed by atoms with Gasteiger partial charge < -0.3 is 10.2 Å². The molecule has 2 amide bonds. The van der Waals surface area contributed by atoms with Crippen LogP contribution in [-0.2, 0) is 4.79 Å². The van der Waals surface area contributed by atoms with Crippen molar-refractivity contribution in [3.8, 4) is 0 Å². The predicted octanol–water partition coefficient (Wildman–Crippen LogP) is 2.31. The molecule has 4 nitrogen and oxygen atoms in total. The summed E-state index contributed by atoms with van der Waals surface area (Å²) in [6.45, 7) is 0.300. The lowest BCUT2D eigenvalue weighted by molar-refractivity contribution is -0.128. The Morgan fingerprint density at radius 1 is 1.39 bits per heavy atom. The fourth-order valence-corrected chi connectivity index (χ4v) is 1.87. The summed E-state index contributed by atoms with van der Waals surface area (Å²) in [5, 5.41) is 3.17. The van der Waals surface area contributed by atoms with Gasteiger partial charge in [-0.2, -0.15) is 0 Å². The molecule has 0 heterocycles. The molecule has 18 heavy (non-hydrogen) atoms. The van der Waals surface area contributed by atoms with Gasteiger partial charge in [0.2, 0.25) is 5.91 Å². The first-order valence-electron chi connectivity index (χ1n) is 5.35. The van der Waals surface area contributed by atoms with E-state index in [1.54, 1.807) is 32.3 Å². The van der Waals surface area contributed by atoms with Crippen LogP contribution < -0.4 is 5.32 Å². The Kier molecular flexibility index (Phi) is 5.62. The zero-order valence-corrected chi connectivity index (χ0v) is 12.5. The van der Waals surface area contributed by atoms with Gasteiger partial charge in [0, 0.05) is 36.6 Å². The summed E-state index contributed by atoms with van der Waals surface area (Å²) in [6.07, 6.45) is 0.275. The van der Waals surface area contributed by atoms with Crippen molar-refractivity contribution in [3.63, 3.8) is 0 Å². The van der Waals surface area contributed by atoms with Crippen molar-refractivity contribution in [2.75, 3.05) is 20.6 Å².